The molecule has 6 heteroatoms. The van der Waals surface area contributed by atoms with E-state index in [4.69, 9.17) is 14.2 Å². The summed E-state index contributed by atoms with van der Waals surface area (Å²) in [6.07, 6.45) is 88.2. The van der Waals surface area contributed by atoms with Crippen LogP contribution in [-0.4, -0.2) is 37.2 Å². The number of unbranched alkanes of at least 4 members (excludes halogenated alkanes) is 29. The number of rotatable bonds is 58. The van der Waals surface area contributed by atoms with E-state index < -0.39 is 6.10 Å². The van der Waals surface area contributed by atoms with E-state index in [-0.39, 0.29) is 31.1 Å². The van der Waals surface area contributed by atoms with Crippen molar-refractivity contribution in [3.63, 3.8) is 0 Å². The molecule has 0 aromatic rings. The molecule has 0 saturated carbocycles. The fourth-order valence-corrected chi connectivity index (χ4v) is 8.99. The lowest BCUT2D eigenvalue weighted by Gasteiger charge is -2.18. The second-order valence-electron chi connectivity index (χ2n) is 21.3. The Hall–Kier alpha value is -3.93. The summed E-state index contributed by atoms with van der Waals surface area (Å²) >= 11 is 0. The molecule has 1 unspecified atom stereocenters. The van der Waals surface area contributed by atoms with E-state index in [0.717, 1.165) is 122 Å². The summed E-state index contributed by atoms with van der Waals surface area (Å²) < 4.78 is 16.9. The lowest BCUT2D eigenvalue weighted by atomic mass is 10.0. The van der Waals surface area contributed by atoms with Crippen LogP contribution in [0.4, 0.5) is 0 Å². The zero-order valence-electron chi connectivity index (χ0n) is 50.4. The molecule has 0 aliphatic carbocycles. The number of ether oxygens (including phenoxy) is 3. The predicted octanol–water partition coefficient (Wildman–Crippen LogP) is 22.2. The van der Waals surface area contributed by atoms with Gasteiger partial charge in [0.1, 0.15) is 13.2 Å². The molecule has 1 atom stereocenters. The quantitative estimate of drug-likeness (QED) is 0.0261. The normalized spacial score (nSPS) is 12.8. The molecule has 440 valence electrons. The van der Waals surface area contributed by atoms with E-state index in [0.29, 0.717) is 19.3 Å². The highest BCUT2D eigenvalue weighted by atomic mass is 16.6. The molecule has 0 saturated heterocycles. The van der Waals surface area contributed by atoms with Crippen LogP contribution in [0.3, 0.4) is 0 Å². The van der Waals surface area contributed by atoms with E-state index in [1.54, 1.807) is 0 Å². The summed E-state index contributed by atoms with van der Waals surface area (Å²) in [4.78, 5) is 38.2. The van der Waals surface area contributed by atoms with Gasteiger partial charge in [0.2, 0.25) is 0 Å². The molecule has 0 fully saturated rings. The van der Waals surface area contributed by atoms with Crippen LogP contribution in [0.25, 0.3) is 0 Å². The fourth-order valence-electron chi connectivity index (χ4n) is 8.99. The van der Waals surface area contributed by atoms with Gasteiger partial charge in [0.15, 0.2) is 6.10 Å². The molecule has 0 rings (SSSR count). The van der Waals surface area contributed by atoms with Crippen LogP contribution in [-0.2, 0) is 28.6 Å². The van der Waals surface area contributed by atoms with Crippen molar-refractivity contribution in [3.8, 4) is 0 Å². The maximum atomic E-state index is 12.9. The Bertz CT molecular complexity index is 1560. The Kier molecular flexibility index (Phi) is 61.3. The first-order valence-corrected chi connectivity index (χ1v) is 32.4. The van der Waals surface area contributed by atoms with E-state index >= 15 is 0 Å². The van der Waals surface area contributed by atoms with Gasteiger partial charge in [-0.3, -0.25) is 14.4 Å². The minimum Gasteiger partial charge on any atom is -0.462 e. The predicted molar refractivity (Wildman–Crippen MR) is 334 cm³/mol. The third-order valence-electron chi connectivity index (χ3n) is 13.8. The highest BCUT2D eigenvalue weighted by Crippen LogP contribution is 2.16. The van der Waals surface area contributed by atoms with Gasteiger partial charge in [-0.1, -0.05) is 291 Å². The van der Waals surface area contributed by atoms with E-state index in [9.17, 15) is 14.4 Å². The van der Waals surface area contributed by atoms with Gasteiger partial charge < -0.3 is 14.2 Å². The first kappa shape index (κ1) is 73.1. The molecule has 0 amide bonds. The average Bonchev–Trinajstić information content (AvgIpc) is 3.43. The molecule has 0 aromatic heterocycles. The second-order valence-corrected chi connectivity index (χ2v) is 21.3. The van der Waals surface area contributed by atoms with Gasteiger partial charge in [-0.2, -0.15) is 0 Å². The zero-order valence-corrected chi connectivity index (χ0v) is 50.4. The summed E-state index contributed by atoms with van der Waals surface area (Å²) in [7, 11) is 0. The lowest BCUT2D eigenvalue weighted by molar-refractivity contribution is -0.167. The maximum Gasteiger partial charge on any atom is 0.306 e. The number of hydrogen-bond donors (Lipinski definition) is 0. The van der Waals surface area contributed by atoms with Crippen molar-refractivity contribution in [1.82, 2.24) is 0 Å². The standard InChI is InChI=1S/C71H120O6/c1-4-7-10-13-16-19-22-24-26-28-29-30-31-32-33-34-35-36-37-38-39-40-41-43-44-46-49-52-55-58-61-64-70(73)76-67-68(66-75-69(72)63-60-57-54-51-48-21-18-15-12-9-6-3)77-71(74)65-62-59-56-53-50-47-45-42-27-25-23-20-17-14-11-8-5-2/h7-8,10-11,16-17,19-20,24-27,29-30,32-33,35-36,68H,4-6,9,12-15,18,21-23,28,31,34,37-67H2,1-3H3/b10-7-,11-8-,19-16-,20-17-,26-24-,27-25-,30-29-,33-32-,36-35-. The molecule has 77 heavy (non-hydrogen) atoms. The topological polar surface area (TPSA) is 78.9 Å². The van der Waals surface area contributed by atoms with E-state index in [2.05, 4.69) is 130 Å². The van der Waals surface area contributed by atoms with Crippen LogP contribution in [0.15, 0.2) is 109 Å². The van der Waals surface area contributed by atoms with Crippen LogP contribution < -0.4 is 0 Å². The van der Waals surface area contributed by atoms with Crippen molar-refractivity contribution in [3.05, 3.63) is 109 Å². The Morgan fingerprint density at radius 3 is 0.792 bits per heavy atom. The fraction of sp³-hybridized carbons (Fsp3) is 0.704. The maximum absolute atomic E-state index is 12.9. The van der Waals surface area contributed by atoms with Crippen LogP contribution in [0.2, 0.25) is 0 Å². The minimum atomic E-state index is -0.783. The molecule has 0 spiro atoms. The Labute approximate surface area is 476 Å². The third-order valence-corrected chi connectivity index (χ3v) is 13.8. The van der Waals surface area contributed by atoms with E-state index in [1.165, 1.54) is 141 Å². The highest BCUT2D eigenvalue weighted by Gasteiger charge is 2.19. The summed E-state index contributed by atoms with van der Waals surface area (Å²) in [6.45, 7) is 6.42. The Morgan fingerprint density at radius 1 is 0.273 bits per heavy atom. The van der Waals surface area contributed by atoms with Crippen molar-refractivity contribution >= 4 is 17.9 Å². The summed E-state index contributed by atoms with van der Waals surface area (Å²) in [5, 5.41) is 0. The number of esters is 3. The van der Waals surface area contributed by atoms with Gasteiger partial charge in [0, 0.05) is 19.3 Å². The van der Waals surface area contributed by atoms with Gasteiger partial charge in [-0.05, 0) is 103 Å². The van der Waals surface area contributed by atoms with Crippen LogP contribution >= 0.6 is 0 Å². The lowest BCUT2D eigenvalue weighted by Crippen LogP contribution is -2.30. The second kappa shape index (κ2) is 64.6. The van der Waals surface area contributed by atoms with Crippen molar-refractivity contribution in [2.24, 2.45) is 0 Å². The van der Waals surface area contributed by atoms with Crippen LogP contribution in [0, 0.1) is 0 Å². The van der Waals surface area contributed by atoms with Crippen molar-refractivity contribution < 1.29 is 28.6 Å². The Morgan fingerprint density at radius 2 is 0.506 bits per heavy atom. The van der Waals surface area contributed by atoms with Gasteiger partial charge in [-0.25, -0.2) is 0 Å². The first-order chi connectivity index (χ1) is 38.0. The summed E-state index contributed by atoms with van der Waals surface area (Å²) in [5.74, 6) is -0.884. The molecule has 0 aliphatic heterocycles. The zero-order chi connectivity index (χ0) is 55.7. The summed E-state index contributed by atoms with van der Waals surface area (Å²) in [6, 6.07) is 0. The monoisotopic (exact) mass is 1070 g/mol. The third kappa shape index (κ3) is 62.8. The number of allylic oxidation sites excluding steroid dienone is 18. The molecular formula is C71H120O6. The van der Waals surface area contributed by atoms with Gasteiger partial charge in [-0.15, -0.1) is 0 Å². The van der Waals surface area contributed by atoms with Crippen LogP contribution in [0.1, 0.15) is 303 Å². The smallest absolute Gasteiger partial charge is 0.306 e. The van der Waals surface area contributed by atoms with Gasteiger partial charge in [0.25, 0.3) is 0 Å². The number of hydrogen-bond acceptors (Lipinski definition) is 6. The molecule has 0 radical (unpaired) electrons. The first-order valence-electron chi connectivity index (χ1n) is 32.4. The Balaban J connectivity index is 4.22. The van der Waals surface area contributed by atoms with Crippen molar-refractivity contribution in [2.45, 2.75) is 309 Å². The molecule has 6 nitrogen and oxygen atoms in total. The molecule has 0 bridgehead atoms. The van der Waals surface area contributed by atoms with Crippen molar-refractivity contribution in [1.29, 1.82) is 0 Å². The largest absolute Gasteiger partial charge is 0.462 e. The SMILES string of the molecule is CC/C=C\C/C=C\C/C=C\C/C=C\C/C=C\C/C=C\CCCCCCCCCCCCCCC(=O)OCC(COC(=O)CCCCCCCCCCCCC)OC(=O)CCCCCCCCC/C=C\C/C=C\C/C=C\CC. The molecular weight excluding hydrogens is 949 g/mol. The van der Waals surface area contributed by atoms with E-state index in [1.807, 2.05) is 0 Å². The summed E-state index contributed by atoms with van der Waals surface area (Å²) in [5.41, 5.74) is 0. The molecule has 0 heterocycles. The molecule has 0 aromatic carbocycles. The van der Waals surface area contributed by atoms with Crippen molar-refractivity contribution in [2.75, 3.05) is 13.2 Å². The number of carbonyl (C=O) groups is 3. The molecule has 0 N–H and O–H groups in total. The van der Waals surface area contributed by atoms with Crippen LogP contribution in [0.5, 0.6) is 0 Å². The van der Waals surface area contributed by atoms with Gasteiger partial charge >= 0.3 is 17.9 Å². The minimum absolute atomic E-state index is 0.0799. The molecule has 0 aliphatic rings. The average molecular weight is 1070 g/mol. The van der Waals surface area contributed by atoms with Gasteiger partial charge in [0.05, 0.1) is 0 Å². The highest BCUT2D eigenvalue weighted by molar-refractivity contribution is 5.71. The number of carbonyl (C=O) groups excluding carboxylic acids is 3.